The van der Waals surface area contributed by atoms with Crippen LogP contribution in [-0.4, -0.2) is 79.1 Å². The first-order chi connectivity index (χ1) is 24.1. The number of pyridine rings is 1. The van der Waals surface area contributed by atoms with E-state index in [1.807, 2.05) is 25.7 Å². The molecule has 51 heavy (non-hydrogen) atoms. The van der Waals surface area contributed by atoms with Crippen LogP contribution in [0.4, 0.5) is 26.4 Å². The number of aromatic nitrogens is 3. The molecule has 4 aromatic rings. The minimum absolute atomic E-state index is 0.0493. The fraction of sp³-hybridized carbons (Fsp3) is 0.444. The monoisotopic (exact) mass is 755 g/mol. The van der Waals surface area contributed by atoms with Gasteiger partial charge in [0.15, 0.2) is 17.4 Å². The molecule has 0 aliphatic carbocycles. The minimum Gasteiger partial charge on any atom is -0.492 e. The van der Waals surface area contributed by atoms with Gasteiger partial charge in [-0.05, 0) is 56.6 Å². The SMILES string of the molecule is COc1c(Nc2nc(Cc3c(Cl)cccc3Cl)c3ncn(COCC[Si](C)(C)C)c3c2C#N)ccc(N2CCN(C(=O)OC(C)(C)C)CC2)c1F. The lowest BCUT2D eigenvalue weighted by Crippen LogP contribution is -2.50. The lowest BCUT2D eigenvalue weighted by atomic mass is 10.1. The number of hydrogen-bond donors (Lipinski definition) is 1. The van der Waals surface area contributed by atoms with Gasteiger partial charge in [0, 0.05) is 57.3 Å². The van der Waals surface area contributed by atoms with Gasteiger partial charge >= 0.3 is 6.09 Å². The summed E-state index contributed by atoms with van der Waals surface area (Å²) >= 11 is 13.1. The fourth-order valence-corrected chi connectivity index (χ4v) is 7.00. The second-order valence-corrected chi connectivity index (χ2v) is 21.0. The summed E-state index contributed by atoms with van der Waals surface area (Å²) in [5.41, 5.74) is 2.38. The van der Waals surface area contributed by atoms with Crippen molar-refractivity contribution in [2.24, 2.45) is 0 Å². The molecule has 5 rings (SSSR count). The Hall–Kier alpha value is -4.09. The smallest absolute Gasteiger partial charge is 0.410 e. The van der Waals surface area contributed by atoms with Crippen molar-refractivity contribution >= 4 is 65.6 Å². The molecule has 0 atom stereocenters. The van der Waals surface area contributed by atoms with E-state index in [2.05, 4.69) is 36.0 Å². The number of carbonyl (C=O) groups is 1. The van der Waals surface area contributed by atoms with Gasteiger partial charge in [0.1, 0.15) is 29.5 Å². The van der Waals surface area contributed by atoms with E-state index in [0.29, 0.717) is 70.8 Å². The van der Waals surface area contributed by atoms with Gasteiger partial charge in [-0.15, -0.1) is 0 Å². The highest BCUT2D eigenvalue weighted by Crippen LogP contribution is 2.39. The van der Waals surface area contributed by atoms with Crippen LogP contribution in [-0.2, 0) is 22.6 Å². The van der Waals surface area contributed by atoms with Gasteiger partial charge in [-0.25, -0.2) is 19.2 Å². The predicted molar refractivity (Wildman–Crippen MR) is 202 cm³/mol. The van der Waals surface area contributed by atoms with Crippen molar-refractivity contribution in [3.8, 4) is 11.8 Å². The molecule has 1 N–H and O–H groups in total. The standard InChI is InChI=1S/C36H44Cl2FN7O4Si/c1-36(2,3)50-35(47)45-15-13-44(14-16-45)29-12-11-27(33(48-4)30(29)39)42-34-24(20-40)32-31(41-21-46(32)22-49-17-18-51(5,6)7)28(43-34)19-23-25(37)9-8-10-26(23)38/h8-12,21H,13-19,22H2,1-7H3,(H,42,43). The first kappa shape index (κ1) is 38.1. The number of methoxy groups -OCH3 is 1. The molecular weight excluding hydrogens is 712 g/mol. The van der Waals surface area contributed by atoms with Gasteiger partial charge in [0.05, 0.1) is 36.0 Å². The number of carbonyl (C=O) groups excluding carboxylic acids is 1. The Morgan fingerprint density at radius 2 is 1.78 bits per heavy atom. The lowest BCUT2D eigenvalue weighted by Gasteiger charge is -2.37. The Morgan fingerprint density at radius 3 is 2.39 bits per heavy atom. The van der Waals surface area contributed by atoms with E-state index in [4.69, 9.17) is 42.4 Å². The van der Waals surface area contributed by atoms with Crippen molar-refractivity contribution in [2.75, 3.05) is 50.1 Å². The summed E-state index contributed by atoms with van der Waals surface area (Å²) in [6, 6.07) is 11.9. The third-order valence-corrected chi connectivity index (χ3v) is 10.8. The predicted octanol–water partition coefficient (Wildman–Crippen LogP) is 8.46. The highest BCUT2D eigenvalue weighted by Gasteiger charge is 2.29. The van der Waals surface area contributed by atoms with Crippen molar-refractivity contribution in [1.82, 2.24) is 19.4 Å². The summed E-state index contributed by atoms with van der Waals surface area (Å²) in [6.45, 7) is 14.6. The van der Waals surface area contributed by atoms with E-state index in [1.54, 1.807) is 46.1 Å². The molecule has 1 aliphatic heterocycles. The van der Waals surface area contributed by atoms with Crippen molar-refractivity contribution in [2.45, 2.75) is 65.2 Å². The quantitative estimate of drug-likeness (QED) is 0.119. The molecule has 0 radical (unpaired) electrons. The van der Waals surface area contributed by atoms with Crippen molar-refractivity contribution < 1.29 is 23.4 Å². The maximum Gasteiger partial charge on any atom is 0.410 e. The van der Waals surface area contributed by atoms with E-state index in [-0.39, 0.29) is 36.0 Å². The number of piperazine rings is 1. The summed E-state index contributed by atoms with van der Waals surface area (Å²) in [4.78, 5) is 25.5. The molecule has 3 heterocycles. The molecule has 1 fully saturated rings. The third-order valence-electron chi connectivity index (χ3n) is 8.38. The molecule has 2 aromatic heterocycles. The molecule has 0 bridgehead atoms. The largest absolute Gasteiger partial charge is 0.492 e. The summed E-state index contributed by atoms with van der Waals surface area (Å²) < 4.78 is 35.1. The van der Waals surface area contributed by atoms with E-state index in [9.17, 15) is 10.1 Å². The molecule has 1 aliphatic rings. The number of benzene rings is 2. The van der Waals surface area contributed by atoms with Gasteiger partial charge in [-0.3, -0.25) is 0 Å². The normalized spacial score (nSPS) is 13.7. The van der Waals surface area contributed by atoms with Gasteiger partial charge in [-0.1, -0.05) is 48.9 Å². The molecule has 11 nitrogen and oxygen atoms in total. The number of anilines is 3. The second kappa shape index (κ2) is 15.7. The summed E-state index contributed by atoms with van der Waals surface area (Å²) in [5.74, 6) is -0.452. The number of imidazole rings is 1. The highest BCUT2D eigenvalue weighted by atomic mass is 35.5. The van der Waals surface area contributed by atoms with Crippen LogP contribution in [0.15, 0.2) is 36.7 Å². The topological polar surface area (TPSA) is 118 Å². The number of rotatable bonds is 11. The van der Waals surface area contributed by atoms with Gasteiger partial charge in [0.25, 0.3) is 0 Å². The van der Waals surface area contributed by atoms with Crippen LogP contribution >= 0.6 is 23.2 Å². The summed E-state index contributed by atoms with van der Waals surface area (Å²) in [6.07, 6.45) is 1.46. The molecule has 0 saturated carbocycles. The molecule has 0 unspecified atom stereocenters. The summed E-state index contributed by atoms with van der Waals surface area (Å²) in [7, 11) is 0.0580. The van der Waals surface area contributed by atoms with Crippen LogP contribution in [0.5, 0.6) is 5.75 Å². The Bertz CT molecular complexity index is 1930. The zero-order chi connectivity index (χ0) is 37.1. The number of nitrogens with zero attached hydrogens (tertiary/aromatic N) is 6. The molecular formula is C36H44Cl2FN7O4Si. The molecule has 1 saturated heterocycles. The first-order valence-electron chi connectivity index (χ1n) is 16.7. The van der Waals surface area contributed by atoms with Crippen molar-refractivity contribution in [3.63, 3.8) is 0 Å². The Balaban J connectivity index is 1.49. The van der Waals surface area contributed by atoms with Crippen LogP contribution in [0.25, 0.3) is 11.0 Å². The average molecular weight is 757 g/mol. The van der Waals surface area contributed by atoms with E-state index >= 15 is 4.39 Å². The number of hydrogen-bond acceptors (Lipinski definition) is 9. The minimum atomic E-state index is -1.32. The van der Waals surface area contributed by atoms with Crippen LogP contribution < -0.4 is 15.0 Å². The van der Waals surface area contributed by atoms with Gasteiger partial charge in [0.2, 0.25) is 0 Å². The fourth-order valence-electron chi connectivity index (χ4n) is 5.71. The average Bonchev–Trinajstić information content (AvgIpc) is 3.48. The third kappa shape index (κ3) is 9.05. The van der Waals surface area contributed by atoms with E-state index < -0.39 is 25.6 Å². The van der Waals surface area contributed by atoms with E-state index in [1.165, 1.54) is 7.11 Å². The lowest BCUT2D eigenvalue weighted by molar-refractivity contribution is 0.0240. The molecule has 2 aromatic carbocycles. The number of nitriles is 1. The number of fused-ring (bicyclic) bond motifs is 1. The number of nitrogens with one attached hydrogen (secondary N) is 1. The van der Waals surface area contributed by atoms with Crippen LogP contribution in [0.3, 0.4) is 0 Å². The second-order valence-electron chi connectivity index (χ2n) is 14.6. The molecule has 1 amide bonds. The number of ether oxygens (including phenoxy) is 3. The van der Waals surface area contributed by atoms with Gasteiger partial charge in [-0.2, -0.15) is 5.26 Å². The first-order valence-corrected chi connectivity index (χ1v) is 21.2. The zero-order valence-electron chi connectivity index (χ0n) is 30.1. The Labute approximate surface area is 309 Å². The molecule has 272 valence electrons. The van der Waals surface area contributed by atoms with Gasteiger partial charge < -0.3 is 33.9 Å². The Morgan fingerprint density at radius 1 is 1.10 bits per heavy atom. The van der Waals surface area contributed by atoms with Crippen molar-refractivity contribution in [1.29, 1.82) is 5.26 Å². The number of halogens is 3. The maximum absolute atomic E-state index is 16.2. The maximum atomic E-state index is 16.2. The van der Waals surface area contributed by atoms with Crippen molar-refractivity contribution in [3.05, 3.63) is 69.3 Å². The summed E-state index contributed by atoms with van der Waals surface area (Å²) in [5, 5.41) is 14.6. The molecule has 0 spiro atoms. The van der Waals surface area contributed by atoms with Crippen LogP contribution in [0, 0.1) is 17.1 Å². The Kier molecular flexibility index (Phi) is 11.7. The van der Waals surface area contributed by atoms with Crippen LogP contribution in [0.2, 0.25) is 35.7 Å². The van der Waals surface area contributed by atoms with Crippen LogP contribution in [0.1, 0.15) is 37.6 Å². The number of amides is 1. The zero-order valence-corrected chi connectivity index (χ0v) is 32.6. The molecule has 15 heteroatoms. The van der Waals surface area contributed by atoms with E-state index in [0.717, 1.165) is 6.04 Å². The highest BCUT2D eigenvalue weighted by molar-refractivity contribution is 6.76.